The molecule has 2 saturated heterocycles. The summed E-state index contributed by atoms with van der Waals surface area (Å²) >= 11 is 0. The first kappa shape index (κ1) is 12.8. The highest BCUT2D eigenvalue weighted by atomic mass is 16.1. The first-order valence-corrected chi connectivity index (χ1v) is 7.53. The molecular weight excluding hydrogens is 240 g/mol. The second-order valence-electron chi connectivity index (χ2n) is 6.20. The van der Waals surface area contributed by atoms with Crippen molar-refractivity contribution < 1.29 is 4.79 Å². The topological polar surface area (TPSA) is 56.7 Å². The molecule has 1 aliphatic carbocycles. The van der Waals surface area contributed by atoms with Crippen LogP contribution in [0.2, 0.25) is 0 Å². The van der Waals surface area contributed by atoms with E-state index in [0.717, 1.165) is 45.0 Å². The van der Waals surface area contributed by atoms with E-state index >= 15 is 0 Å². The predicted molar refractivity (Wildman–Crippen MR) is 75.0 cm³/mol. The van der Waals surface area contributed by atoms with Crippen LogP contribution in [0.1, 0.15) is 39.0 Å². The van der Waals surface area contributed by atoms with Gasteiger partial charge in [0.05, 0.1) is 0 Å². The molecule has 19 heavy (non-hydrogen) atoms. The van der Waals surface area contributed by atoms with E-state index in [-0.39, 0.29) is 11.3 Å². The van der Waals surface area contributed by atoms with Gasteiger partial charge in [-0.3, -0.25) is 9.79 Å². The maximum atomic E-state index is 11.5. The van der Waals surface area contributed by atoms with Crippen LogP contribution in [0, 0.1) is 5.41 Å². The molecule has 3 aliphatic rings. The van der Waals surface area contributed by atoms with Gasteiger partial charge in [0.1, 0.15) is 0 Å². The molecule has 2 heterocycles. The molecule has 106 valence electrons. The lowest BCUT2D eigenvalue weighted by Crippen LogP contribution is -2.51. The normalized spacial score (nSPS) is 31.7. The Bertz CT molecular complexity index is 391. The molecule has 0 aromatic rings. The third-order valence-electron chi connectivity index (χ3n) is 4.38. The lowest BCUT2D eigenvalue weighted by atomic mass is 9.79. The Morgan fingerprint density at radius 2 is 2.42 bits per heavy atom. The number of guanidine groups is 1. The van der Waals surface area contributed by atoms with Crippen LogP contribution in [0.3, 0.4) is 0 Å². The maximum Gasteiger partial charge on any atom is 0.220 e. The molecule has 1 saturated carbocycles. The fourth-order valence-electron chi connectivity index (χ4n) is 3.23. The van der Waals surface area contributed by atoms with Gasteiger partial charge in [-0.1, -0.05) is 0 Å². The molecule has 1 spiro atoms. The SMILES string of the molecule is CCN=C(NC1CC1)N1CCCC2(CNC(=O)C2)C1. The Balaban J connectivity index is 1.68. The Kier molecular flexibility index (Phi) is 3.37. The highest BCUT2D eigenvalue weighted by Gasteiger charge is 2.42. The maximum absolute atomic E-state index is 11.5. The zero-order valence-corrected chi connectivity index (χ0v) is 11.7. The van der Waals surface area contributed by atoms with Gasteiger partial charge in [-0.2, -0.15) is 0 Å². The summed E-state index contributed by atoms with van der Waals surface area (Å²) < 4.78 is 0. The minimum atomic E-state index is 0.148. The van der Waals surface area contributed by atoms with E-state index in [9.17, 15) is 4.79 Å². The zero-order chi connectivity index (χ0) is 13.3. The average Bonchev–Trinajstić information content (AvgIpc) is 3.14. The number of carbonyl (C=O) groups is 1. The van der Waals surface area contributed by atoms with Gasteiger partial charge in [0, 0.05) is 44.1 Å². The van der Waals surface area contributed by atoms with Crippen LogP contribution in [0.15, 0.2) is 4.99 Å². The molecule has 0 aromatic carbocycles. The van der Waals surface area contributed by atoms with Crippen molar-refractivity contribution >= 4 is 11.9 Å². The smallest absolute Gasteiger partial charge is 0.220 e. The largest absolute Gasteiger partial charge is 0.355 e. The predicted octanol–water partition coefficient (Wildman–Crippen LogP) is 0.716. The number of nitrogens with zero attached hydrogens (tertiary/aromatic N) is 2. The number of amides is 1. The van der Waals surface area contributed by atoms with E-state index in [0.29, 0.717) is 12.5 Å². The number of aliphatic imine (C=N–C) groups is 1. The summed E-state index contributed by atoms with van der Waals surface area (Å²) in [7, 11) is 0. The molecule has 1 unspecified atom stereocenters. The minimum Gasteiger partial charge on any atom is -0.355 e. The van der Waals surface area contributed by atoms with Crippen molar-refractivity contribution in [2.45, 2.75) is 45.1 Å². The molecule has 0 radical (unpaired) electrons. The molecule has 2 aliphatic heterocycles. The molecule has 2 N–H and O–H groups in total. The molecule has 0 bridgehead atoms. The number of hydrogen-bond acceptors (Lipinski definition) is 2. The van der Waals surface area contributed by atoms with Crippen molar-refractivity contribution in [2.24, 2.45) is 10.4 Å². The highest BCUT2D eigenvalue weighted by molar-refractivity contribution is 5.82. The summed E-state index contributed by atoms with van der Waals surface area (Å²) in [5.41, 5.74) is 0.148. The van der Waals surface area contributed by atoms with Gasteiger partial charge >= 0.3 is 0 Å². The summed E-state index contributed by atoms with van der Waals surface area (Å²) in [6.07, 6.45) is 5.53. The molecular formula is C14H24N4O. The molecule has 3 rings (SSSR count). The molecule has 0 aromatic heterocycles. The van der Waals surface area contributed by atoms with Crippen LogP contribution in [0.4, 0.5) is 0 Å². The Labute approximate surface area is 114 Å². The number of nitrogens with one attached hydrogen (secondary N) is 2. The second-order valence-corrected chi connectivity index (χ2v) is 6.20. The monoisotopic (exact) mass is 264 g/mol. The molecule has 3 fully saturated rings. The van der Waals surface area contributed by atoms with Crippen molar-refractivity contribution in [1.82, 2.24) is 15.5 Å². The Morgan fingerprint density at radius 1 is 1.58 bits per heavy atom. The van der Waals surface area contributed by atoms with Gasteiger partial charge < -0.3 is 15.5 Å². The van der Waals surface area contributed by atoms with Crippen molar-refractivity contribution in [2.75, 3.05) is 26.2 Å². The number of hydrogen-bond donors (Lipinski definition) is 2. The lowest BCUT2D eigenvalue weighted by molar-refractivity contribution is -0.119. The second kappa shape index (κ2) is 5.02. The summed E-state index contributed by atoms with van der Waals surface area (Å²) in [6, 6.07) is 0.631. The van der Waals surface area contributed by atoms with E-state index < -0.39 is 0 Å². The lowest BCUT2D eigenvalue weighted by Gasteiger charge is -2.41. The third kappa shape index (κ3) is 2.85. The van der Waals surface area contributed by atoms with E-state index in [1.54, 1.807) is 0 Å². The fourth-order valence-corrected chi connectivity index (χ4v) is 3.23. The third-order valence-corrected chi connectivity index (χ3v) is 4.38. The fraction of sp³-hybridized carbons (Fsp3) is 0.857. The number of likely N-dealkylation sites (tertiary alicyclic amines) is 1. The van der Waals surface area contributed by atoms with Crippen molar-refractivity contribution in [1.29, 1.82) is 0 Å². The Hall–Kier alpha value is -1.26. The van der Waals surface area contributed by atoms with Gasteiger partial charge in [-0.25, -0.2) is 0 Å². The minimum absolute atomic E-state index is 0.148. The van der Waals surface area contributed by atoms with Crippen LogP contribution >= 0.6 is 0 Å². The average molecular weight is 264 g/mol. The molecule has 5 nitrogen and oxygen atoms in total. The van der Waals surface area contributed by atoms with Gasteiger partial charge in [-0.15, -0.1) is 0 Å². The first-order valence-electron chi connectivity index (χ1n) is 7.53. The summed E-state index contributed by atoms with van der Waals surface area (Å²) in [5.74, 6) is 1.27. The van der Waals surface area contributed by atoms with Crippen LogP contribution in [0.5, 0.6) is 0 Å². The number of piperidine rings is 1. The Morgan fingerprint density at radius 3 is 3.05 bits per heavy atom. The summed E-state index contributed by atoms with van der Waals surface area (Å²) in [5, 5.41) is 6.55. The van der Waals surface area contributed by atoms with Crippen molar-refractivity contribution in [3.63, 3.8) is 0 Å². The van der Waals surface area contributed by atoms with Crippen molar-refractivity contribution in [3.05, 3.63) is 0 Å². The highest BCUT2D eigenvalue weighted by Crippen LogP contribution is 2.36. The first-order chi connectivity index (χ1) is 9.21. The molecule has 5 heteroatoms. The molecule has 1 amide bonds. The van der Waals surface area contributed by atoms with Gasteiger partial charge in [-0.05, 0) is 32.6 Å². The summed E-state index contributed by atoms with van der Waals surface area (Å²) in [6.45, 7) is 5.76. The van der Waals surface area contributed by atoms with Gasteiger partial charge in [0.25, 0.3) is 0 Å². The van der Waals surface area contributed by atoms with E-state index in [4.69, 9.17) is 0 Å². The van der Waals surface area contributed by atoms with Gasteiger partial charge in [0.15, 0.2) is 5.96 Å². The van der Waals surface area contributed by atoms with Crippen LogP contribution in [-0.2, 0) is 4.79 Å². The number of carbonyl (C=O) groups excluding carboxylic acids is 1. The van der Waals surface area contributed by atoms with Gasteiger partial charge in [0.2, 0.25) is 5.91 Å². The van der Waals surface area contributed by atoms with E-state index in [1.807, 2.05) is 0 Å². The van der Waals surface area contributed by atoms with Crippen LogP contribution in [0.25, 0.3) is 0 Å². The van der Waals surface area contributed by atoms with Crippen molar-refractivity contribution in [3.8, 4) is 0 Å². The van der Waals surface area contributed by atoms with E-state index in [2.05, 4.69) is 27.4 Å². The van der Waals surface area contributed by atoms with E-state index in [1.165, 1.54) is 12.8 Å². The number of rotatable bonds is 2. The van der Waals surface area contributed by atoms with Crippen LogP contribution in [-0.4, -0.2) is 49.0 Å². The zero-order valence-electron chi connectivity index (χ0n) is 11.7. The molecule has 1 atom stereocenters. The quantitative estimate of drug-likeness (QED) is 0.571. The summed E-state index contributed by atoms with van der Waals surface area (Å²) in [4.78, 5) is 18.5. The standard InChI is InChI=1S/C14H24N4O/c1-2-15-13(17-11-4-5-11)18-7-3-6-14(10-18)8-12(19)16-9-14/h11H,2-10H2,1H3,(H,15,17)(H,16,19). The van der Waals surface area contributed by atoms with Crippen LogP contribution < -0.4 is 10.6 Å².